The molecule has 14 heavy (non-hydrogen) atoms. The third kappa shape index (κ3) is 2.16. The fraction of sp³-hybridized carbons (Fsp3) is 0.111. The zero-order valence-corrected chi connectivity index (χ0v) is 12.9. The first-order valence-electron chi connectivity index (χ1n) is 3.87. The second-order valence-electron chi connectivity index (χ2n) is 2.73. The van der Waals surface area contributed by atoms with Crippen molar-refractivity contribution in [3.05, 3.63) is 39.8 Å². The zero-order valence-electron chi connectivity index (χ0n) is 6.96. The van der Waals surface area contributed by atoms with Gasteiger partial charge in [0.25, 0.3) is 0 Å². The van der Waals surface area contributed by atoms with Crippen molar-refractivity contribution in [2.75, 3.05) is 0 Å². The normalized spacial score (nSPS) is 11.1. The van der Waals surface area contributed by atoms with Gasteiger partial charge in [-0.05, 0) is 68.1 Å². The summed E-state index contributed by atoms with van der Waals surface area (Å²) in [4.78, 5) is 0. The Balaban J connectivity index is 2.38. The highest BCUT2D eigenvalue weighted by atomic mass is 127. The molecule has 0 bridgehead atoms. The van der Waals surface area contributed by atoms with Gasteiger partial charge < -0.3 is 5.11 Å². The van der Waals surface area contributed by atoms with Gasteiger partial charge in [-0.1, -0.05) is 0 Å². The highest BCUT2D eigenvalue weighted by Crippen LogP contribution is 2.33. The van der Waals surface area contributed by atoms with Gasteiger partial charge >= 0.3 is 0 Å². The molecule has 2 rings (SSSR count). The van der Waals surface area contributed by atoms with Crippen LogP contribution in [0.2, 0.25) is 0 Å². The van der Waals surface area contributed by atoms with Crippen LogP contribution in [0, 0.1) is 5.77 Å². The van der Waals surface area contributed by atoms with Crippen molar-refractivity contribution in [2.45, 2.75) is 6.10 Å². The molecular formula is C9H7I2OS2+. The maximum atomic E-state index is 8.17. The standard InChI is InChI=1S/C9H6I2OS2/c10-8-5(1-3-13-8)7(12)6-2-4-14-9(6)11/h1-4,7,12H/p+1. The average Bonchev–Trinajstić information content (AvgIpc) is 2.73. The van der Waals surface area contributed by atoms with Gasteiger partial charge in [0.15, 0.2) is 0 Å². The lowest BCUT2D eigenvalue weighted by Crippen LogP contribution is -1.99. The lowest BCUT2D eigenvalue weighted by atomic mass is 10.1. The monoisotopic (exact) mass is 449 g/mol. The van der Waals surface area contributed by atoms with Crippen molar-refractivity contribution in [3.8, 4) is 0 Å². The largest absolute Gasteiger partial charge is 0.436 e. The highest BCUT2D eigenvalue weighted by Gasteiger charge is 2.21. The van der Waals surface area contributed by atoms with Gasteiger partial charge in [0, 0.05) is 0 Å². The minimum Gasteiger partial charge on any atom is -0.436 e. The molecule has 0 aliphatic carbocycles. The molecule has 1 nitrogen and oxygen atoms in total. The van der Waals surface area contributed by atoms with Crippen LogP contribution in [0.3, 0.4) is 0 Å². The van der Waals surface area contributed by atoms with Crippen LogP contribution in [0.25, 0.3) is 0 Å². The maximum Gasteiger partial charge on any atom is 0.210 e. The number of halogens is 2. The van der Waals surface area contributed by atoms with E-state index in [0.29, 0.717) is 0 Å². The summed E-state index contributed by atoms with van der Waals surface area (Å²) < 4.78 is 2.45. The van der Waals surface area contributed by atoms with Crippen LogP contribution in [0.5, 0.6) is 0 Å². The molecule has 0 saturated carbocycles. The second kappa shape index (κ2) is 4.77. The van der Waals surface area contributed by atoms with Gasteiger partial charge in [-0.25, -0.2) is 0 Å². The molecule has 5 heteroatoms. The van der Waals surface area contributed by atoms with E-state index in [1.165, 1.54) is 5.77 Å². The molecule has 2 heterocycles. The summed E-state index contributed by atoms with van der Waals surface area (Å²) in [6.45, 7) is 0. The Morgan fingerprint density at radius 1 is 1.00 bits per heavy atom. The van der Waals surface area contributed by atoms with Crippen molar-refractivity contribution >= 4 is 67.9 Å². The van der Waals surface area contributed by atoms with Crippen LogP contribution >= 0.6 is 67.9 Å². The van der Waals surface area contributed by atoms with Gasteiger partial charge in [-0.3, -0.25) is 0 Å². The predicted molar refractivity (Wildman–Crippen MR) is 79.5 cm³/mol. The first kappa shape index (κ1) is 11.3. The van der Waals surface area contributed by atoms with E-state index in [9.17, 15) is 0 Å². The Morgan fingerprint density at radius 3 is 1.71 bits per heavy atom. The SMILES string of the molecule is [OH2+]C(c1ccsc1I)c1ccsc1I. The topological polar surface area (TPSA) is 22.9 Å². The summed E-state index contributed by atoms with van der Waals surface area (Å²) >= 11 is 8.02. The lowest BCUT2D eigenvalue weighted by Gasteiger charge is -2.04. The highest BCUT2D eigenvalue weighted by molar-refractivity contribution is 14.1. The molecule has 0 unspecified atom stereocenters. The van der Waals surface area contributed by atoms with E-state index in [0.717, 1.165) is 11.1 Å². The molecule has 0 saturated heterocycles. The maximum absolute atomic E-state index is 8.17. The van der Waals surface area contributed by atoms with Crippen LogP contribution in [0.1, 0.15) is 17.2 Å². The van der Waals surface area contributed by atoms with Crippen molar-refractivity contribution in [2.24, 2.45) is 0 Å². The molecule has 0 aromatic carbocycles. The third-order valence-electron chi connectivity index (χ3n) is 1.91. The van der Waals surface area contributed by atoms with Gasteiger partial charge in [0.1, 0.15) is 0 Å². The quantitative estimate of drug-likeness (QED) is 0.492. The Morgan fingerprint density at radius 2 is 1.43 bits per heavy atom. The van der Waals surface area contributed by atoms with Crippen LogP contribution in [-0.4, -0.2) is 5.11 Å². The summed E-state index contributed by atoms with van der Waals surface area (Å²) in [5.74, 6) is 0. The summed E-state index contributed by atoms with van der Waals surface area (Å²) in [7, 11) is 0. The molecule has 0 spiro atoms. The van der Waals surface area contributed by atoms with Gasteiger partial charge in [0.05, 0.1) is 16.9 Å². The predicted octanol–water partition coefficient (Wildman–Crippen LogP) is 3.83. The summed E-state index contributed by atoms with van der Waals surface area (Å²) in [5, 5.41) is 12.3. The van der Waals surface area contributed by atoms with Crippen molar-refractivity contribution in [1.29, 1.82) is 0 Å². The van der Waals surface area contributed by atoms with E-state index in [1.54, 1.807) is 22.7 Å². The van der Waals surface area contributed by atoms with E-state index >= 15 is 0 Å². The third-order valence-corrected chi connectivity index (χ3v) is 6.11. The summed E-state index contributed by atoms with van der Waals surface area (Å²) in [6, 6.07) is 4.11. The fourth-order valence-corrected chi connectivity index (χ4v) is 4.36. The molecule has 0 fully saturated rings. The molecule has 2 aromatic heterocycles. The second-order valence-corrected chi connectivity index (χ2v) is 8.19. The van der Waals surface area contributed by atoms with Crippen LogP contribution in [-0.2, 0) is 0 Å². The number of hydrogen-bond donors (Lipinski definition) is 0. The van der Waals surface area contributed by atoms with E-state index < -0.39 is 0 Å². The van der Waals surface area contributed by atoms with Crippen molar-refractivity contribution in [3.63, 3.8) is 0 Å². The molecule has 0 atom stereocenters. The number of rotatable bonds is 2. The molecule has 0 aliphatic rings. The minimum absolute atomic E-state index is 0.216. The zero-order chi connectivity index (χ0) is 10.1. The molecular weight excluding hydrogens is 442 g/mol. The average molecular weight is 449 g/mol. The Kier molecular flexibility index (Phi) is 3.85. The Labute approximate surface area is 117 Å². The molecule has 0 amide bonds. The lowest BCUT2D eigenvalue weighted by molar-refractivity contribution is 0.220. The van der Waals surface area contributed by atoms with E-state index in [1.807, 2.05) is 0 Å². The summed E-state index contributed by atoms with van der Waals surface area (Å²) in [5.41, 5.74) is 2.26. The minimum atomic E-state index is -0.216. The molecule has 0 aliphatic heterocycles. The van der Waals surface area contributed by atoms with Crippen LogP contribution in [0.4, 0.5) is 0 Å². The van der Waals surface area contributed by atoms with Gasteiger partial charge in [-0.2, -0.15) is 0 Å². The van der Waals surface area contributed by atoms with Crippen LogP contribution in [0.15, 0.2) is 22.9 Å². The summed E-state index contributed by atoms with van der Waals surface area (Å²) in [6.07, 6.45) is -0.216. The van der Waals surface area contributed by atoms with Crippen LogP contribution < -0.4 is 0 Å². The van der Waals surface area contributed by atoms with Gasteiger partial charge in [0.2, 0.25) is 6.10 Å². The fourth-order valence-electron chi connectivity index (χ4n) is 1.19. The molecule has 74 valence electrons. The van der Waals surface area contributed by atoms with Crippen molar-refractivity contribution in [1.82, 2.24) is 0 Å². The van der Waals surface area contributed by atoms with E-state index in [2.05, 4.69) is 68.1 Å². The first-order valence-corrected chi connectivity index (χ1v) is 7.78. The Bertz CT molecular complexity index is 395. The molecule has 0 radical (unpaired) electrons. The number of thiophene rings is 2. The Hall–Kier alpha value is 0.820. The first-order chi connectivity index (χ1) is 6.70. The van der Waals surface area contributed by atoms with E-state index in [4.69, 9.17) is 5.11 Å². The van der Waals surface area contributed by atoms with Crippen molar-refractivity contribution < 1.29 is 5.11 Å². The molecule has 2 aromatic rings. The molecule has 2 N–H and O–H groups in total. The van der Waals surface area contributed by atoms with Gasteiger partial charge in [-0.15, -0.1) is 22.7 Å². The smallest absolute Gasteiger partial charge is 0.210 e. The van der Waals surface area contributed by atoms with E-state index in [-0.39, 0.29) is 6.10 Å². The number of hydrogen-bond acceptors (Lipinski definition) is 2.